The first-order valence-corrected chi connectivity index (χ1v) is 8.82. The molecule has 1 fully saturated rings. The average molecular weight is 299 g/mol. The summed E-state index contributed by atoms with van der Waals surface area (Å²) in [6.07, 6.45) is 3.84. The van der Waals surface area contributed by atoms with Crippen LogP contribution in [0.15, 0.2) is 16.7 Å². The van der Waals surface area contributed by atoms with E-state index in [1.165, 1.54) is 6.26 Å². The van der Waals surface area contributed by atoms with Gasteiger partial charge in [0.2, 0.25) is 0 Å². The highest BCUT2D eigenvalue weighted by atomic mass is 32.2. The monoisotopic (exact) mass is 299 g/mol. The second-order valence-corrected chi connectivity index (χ2v) is 7.57. The zero-order valence-electron chi connectivity index (χ0n) is 12.0. The predicted octanol–water partition coefficient (Wildman–Crippen LogP) is 2.02. The number of hydrogen-bond donors (Lipinski definition) is 0. The lowest BCUT2D eigenvalue weighted by Gasteiger charge is -2.27. The van der Waals surface area contributed by atoms with Crippen LogP contribution in [0.5, 0.6) is 0 Å². The van der Waals surface area contributed by atoms with Crippen LogP contribution in [0.2, 0.25) is 0 Å². The quantitative estimate of drug-likeness (QED) is 0.834. The van der Waals surface area contributed by atoms with Crippen molar-refractivity contribution in [2.75, 3.05) is 18.1 Å². The molecule has 1 aliphatic rings. The molecule has 1 aromatic heterocycles. The molecule has 6 heteroatoms. The van der Waals surface area contributed by atoms with Gasteiger partial charge in [-0.2, -0.15) is 0 Å². The van der Waals surface area contributed by atoms with Gasteiger partial charge >= 0.3 is 0 Å². The van der Waals surface area contributed by atoms with Gasteiger partial charge in [0.1, 0.15) is 0 Å². The van der Waals surface area contributed by atoms with Crippen molar-refractivity contribution in [2.24, 2.45) is 0 Å². The number of nitrogens with zero attached hydrogens (tertiary/aromatic N) is 1. The first kappa shape index (κ1) is 15.1. The highest BCUT2D eigenvalue weighted by molar-refractivity contribution is 7.91. The molecule has 0 N–H and O–H groups in total. The Balaban J connectivity index is 2.20. The molecule has 0 aromatic carbocycles. The van der Waals surface area contributed by atoms with Crippen LogP contribution in [0.1, 0.15) is 42.3 Å². The molecular weight excluding hydrogens is 278 g/mol. The van der Waals surface area contributed by atoms with Crippen LogP contribution < -0.4 is 0 Å². The number of unbranched alkanes of at least 4 members (excludes halogenated alkanes) is 1. The Morgan fingerprint density at radius 3 is 2.75 bits per heavy atom. The maximum absolute atomic E-state index is 12.6. The lowest BCUT2D eigenvalue weighted by molar-refractivity contribution is 0.0660. The molecule has 0 radical (unpaired) electrons. The molecule has 20 heavy (non-hydrogen) atoms. The molecule has 0 bridgehead atoms. The van der Waals surface area contributed by atoms with E-state index in [0.29, 0.717) is 18.7 Å². The molecule has 0 aliphatic carbocycles. The van der Waals surface area contributed by atoms with Crippen LogP contribution in [-0.2, 0) is 9.84 Å². The van der Waals surface area contributed by atoms with E-state index in [-0.39, 0.29) is 23.5 Å². The standard InChI is InChI=1S/C14H21NO4S/c1-3-4-7-15(12-6-9-20(17,18)10-12)14(16)13-11(2)5-8-19-13/h5,8,12H,3-4,6-7,9-10H2,1-2H3. The molecule has 1 atom stereocenters. The molecule has 5 nitrogen and oxygen atoms in total. The number of carbonyl (C=O) groups excluding carboxylic acids is 1. The van der Waals surface area contributed by atoms with Crippen molar-refractivity contribution >= 4 is 15.7 Å². The van der Waals surface area contributed by atoms with Crippen molar-refractivity contribution in [1.82, 2.24) is 4.90 Å². The van der Waals surface area contributed by atoms with E-state index >= 15 is 0 Å². The Kier molecular flexibility index (Phi) is 4.52. The van der Waals surface area contributed by atoms with Gasteiger partial charge in [0, 0.05) is 18.2 Å². The molecule has 1 unspecified atom stereocenters. The third-order valence-corrected chi connectivity index (χ3v) is 5.47. The van der Waals surface area contributed by atoms with E-state index in [0.717, 1.165) is 18.4 Å². The van der Waals surface area contributed by atoms with E-state index < -0.39 is 9.84 Å². The minimum Gasteiger partial charge on any atom is -0.459 e. The van der Waals surface area contributed by atoms with Crippen molar-refractivity contribution in [2.45, 2.75) is 39.2 Å². The average Bonchev–Trinajstić information content (AvgIpc) is 2.95. The van der Waals surface area contributed by atoms with Gasteiger partial charge in [0.05, 0.1) is 17.8 Å². The normalized spacial score (nSPS) is 21.0. The van der Waals surface area contributed by atoms with Crippen LogP contribution in [0, 0.1) is 6.92 Å². The van der Waals surface area contributed by atoms with E-state index in [2.05, 4.69) is 0 Å². The van der Waals surface area contributed by atoms with Crippen molar-refractivity contribution in [3.8, 4) is 0 Å². The van der Waals surface area contributed by atoms with E-state index in [1.54, 1.807) is 11.0 Å². The van der Waals surface area contributed by atoms with E-state index in [1.807, 2.05) is 13.8 Å². The summed E-state index contributed by atoms with van der Waals surface area (Å²) in [5.41, 5.74) is 0.789. The molecule has 1 amide bonds. The second-order valence-electron chi connectivity index (χ2n) is 5.34. The summed E-state index contributed by atoms with van der Waals surface area (Å²) in [5, 5.41) is 0. The first-order valence-electron chi connectivity index (χ1n) is 7.00. The molecule has 0 spiro atoms. The van der Waals surface area contributed by atoms with Crippen LogP contribution >= 0.6 is 0 Å². The topological polar surface area (TPSA) is 67.6 Å². The van der Waals surface area contributed by atoms with Gasteiger partial charge in [-0.25, -0.2) is 8.42 Å². The van der Waals surface area contributed by atoms with Crippen LogP contribution in [0.25, 0.3) is 0 Å². The second kappa shape index (κ2) is 5.99. The van der Waals surface area contributed by atoms with Gasteiger partial charge in [-0.05, 0) is 25.8 Å². The summed E-state index contributed by atoms with van der Waals surface area (Å²) < 4.78 is 28.5. The zero-order valence-corrected chi connectivity index (χ0v) is 12.8. The Morgan fingerprint density at radius 1 is 1.50 bits per heavy atom. The predicted molar refractivity (Wildman–Crippen MR) is 76.4 cm³/mol. The Labute approximate surface area is 119 Å². The van der Waals surface area contributed by atoms with Gasteiger partial charge in [0.15, 0.2) is 15.6 Å². The fraction of sp³-hybridized carbons (Fsp3) is 0.643. The number of sulfone groups is 1. The van der Waals surface area contributed by atoms with Crippen LogP contribution in [-0.4, -0.2) is 43.3 Å². The lowest BCUT2D eigenvalue weighted by atomic mass is 10.1. The molecule has 112 valence electrons. The van der Waals surface area contributed by atoms with Crippen molar-refractivity contribution in [3.63, 3.8) is 0 Å². The van der Waals surface area contributed by atoms with E-state index in [9.17, 15) is 13.2 Å². The number of furan rings is 1. The summed E-state index contributed by atoms with van der Waals surface area (Å²) in [5.74, 6) is 0.376. The Hall–Kier alpha value is -1.30. The number of carbonyl (C=O) groups is 1. The molecule has 1 aliphatic heterocycles. The SMILES string of the molecule is CCCCN(C(=O)c1occc1C)C1CCS(=O)(=O)C1. The van der Waals surface area contributed by atoms with Crippen molar-refractivity contribution in [3.05, 3.63) is 23.7 Å². The smallest absolute Gasteiger partial charge is 0.290 e. The van der Waals surface area contributed by atoms with E-state index in [4.69, 9.17) is 4.42 Å². The Bertz CT molecular complexity index is 576. The lowest BCUT2D eigenvalue weighted by Crippen LogP contribution is -2.41. The van der Waals surface area contributed by atoms with Crippen molar-refractivity contribution in [1.29, 1.82) is 0 Å². The van der Waals surface area contributed by atoms with Crippen LogP contribution in [0.3, 0.4) is 0 Å². The summed E-state index contributed by atoms with van der Waals surface area (Å²) >= 11 is 0. The zero-order chi connectivity index (χ0) is 14.8. The number of rotatable bonds is 5. The first-order chi connectivity index (χ1) is 9.44. The van der Waals surface area contributed by atoms with Crippen molar-refractivity contribution < 1.29 is 17.6 Å². The fourth-order valence-corrected chi connectivity index (χ4v) is 4.25. The van der Waals surface area contributed by atoms with Crippen LogP contribution in [0.4, 0.5) is 0 Å². The fourth-order valence-electron chi connectivity index (χ4n) is 2.52. The van der Waals surface area contributed by atoms with Gasteiger partial charge in [0.25, 0.3) is 5.91 Å². The van der Waals surface area contributed by atoms with Gasteiger partial charge in [-0.3, -0.25) is 4.79 Å². The molecule has 0 saturated carbocycles. The molecule has 1 aromatic rings. The highest BCUT2D eigenvalue weighted by Crippen LogP contribution is 2.22. The number of hydrogen-bond acceptors (Lipinski definition) is 4. The molecule has 2 heterocycles. The minimum absolute atomic E-state index is 0.0716. The summed E-state index contributed by atoms with van der Waals surface area (Å²) in [7, 11) is -3.00. The maximum atomic E-state index is 12.6. The molecule has 2 rings (SSSR count). The summed E-state index contributed by atoms with van der Waals surface area (Å²) in [6.45, 7) is 4.45. The Morgan fingerprint density at radius 2 is 2.25 bits per heavy atom. The molecular formula is C14H21NO4S. The molecule has 1 saturated heterocycles. The van der Waals surface area contributed by atoms with Gasteiger partial charge in [-0.15, -0.1) is 0 Å². The third kappa shape index (κ3) is 3.23. The number of aryl methyl sites for hydroxylation is 1. The minimum atomic E-state index is -3.00. The summed E-state index contributed by atoms with van der Waals surface area (Å²) in [4.78, 5) is 14.2. The van der Waals surface area contributed by atoms with Gasteiger partial charge < -0.3 is 9.32 Å². The number of amides is 1. The summed E-state index contributed by atoms with van der Waals surface area (Å²) in [6, 6.07) is 1.53. The third-order valence-electron chi connectivity index (χ3n) is 3.72. The highest BCUT2D eigenvalue weighted by Gasteiger charge is 2.35. The largest absolute Gasteiger partial charge is 0.459 e. The van der Waals surface area contributed by atoms with Gasteiger partial charge in [-0.1, -0.05) is 13.3 Å². The maximum Gasteiger partial charge on any atom is 0.290 e.